The highest BCUT2D eigenvalue weighted by atomic mass is 35.5. The number of anilines is 3. The van der Waals surface area contributed by atoms with Crippen molar-refractivity contribution in [2.24, 2.45) is 0 Å². The van der Waals surface area contributed by atoms with Gasteiger partial charge in [0.05, 0.1) is 16.9 Å². The van der Waals surface area contributed by atoms with Gasteiger partial charge in [-0.05, 0) is 54.8 Å². The summed E-state index contributed by atoms with van der Waals surface area (Å²) in [7, 11) is 0. The van der Waals surface area contributed by atoms with Crippen LogP contribution in [0.5, 0.6) is 0 Å². The fourth-order valence-electron chi connectivity index (χ4n) is 3.57. The highest BCUT2D eigenvalue weighted by Crippen LogP contribution is 2.29. The van der Waals surface area contributed by atoms with Crippen LogP contribution in [0.2, 0.25) is 5.02 Å². The van der Waals surface area contributed by atoms with E-state index in [1.54, 1.807) is 25.3 Å². The number of nitrogens with one attached hydrogen (secondary N) is 3. The molecule has 4 N–H and O–H groups in total. The predicted octanol–water partition coefficient (Wildman–Crippen LogP) is 5.11. The molecule has 0 aliphatic carbocycles. The highest BCUT2D eigenvalue weighted by Gasteiger charge is 2.12. The molecule has 0 saturated carbocycles. The second-order valence-corrected chi connectivity index (χ2v) is 8.99. The van der Waals surface area contributed by atoms with E-state index in [0.29, 0.717) is 42.1 Å². The molecule has 0 fully saturated rings. The topological polar surface area (TPSA) is 142 Å². The number of rotatable bonds is 11. The largest absolute Gasteiger partial charge is 0.478 e. The van der Waals surface area contributed by atoms with Crippen LogP contribution in [-0.4, -0.2) is 50.0 Å². The molecule has 2 aromatic heterocycles. The van der Waals surface area contributed by atoms with Crippen LogP contribution in [-0.2, 0) is 4.79 Å². The second-order valence-electron chi connectivity index (χ2n) is 8.59. The molecule has 1 amide bonds. The molecule has 0 atom stereocenters. The van der Waals surface area contributed by atoms with Gasteiger partial charge in [-0.1, -0.05) is 29.8 Å². The van der Waals surface area contributed by atoms with Gasteiger partial charge in [0.15, 0.2) is 0 Å². The standard InChI is InChI=1S/C28H25ClFN7O3/c1-17-14-34-24(16-33-17)27(40)32-11-3-10-31-26-21(19-5-2-4-18(12-19)6-9-25(38)39)15-35-28(37-26)36-20-7-8-23(30)22(29)13-20/h2,4-9,12-16H,3,10-11H2,1H3,(H,32,40)(H,38,39)(H2,31,35,36,37). The monoisotopic (exact) mass is 561 g/mol. The molecule has 2 aromatic carbocycles. The number of carbonyl (C=O) groups excluding carboxylic acids is 1. The summed E-state index contributed by atoms with van der Waals surface area (Å²) in [4.78, 5) is 40.4. The van der Waals surface area contributed by atoms with Crippen LogP contribution in [0.1, 0.15) is 28.2 Å². The van der Waals surface area contributed by atoms with Crippen molar-refractivity contribution in [1.29, 1.82) is 0 Å². The van der Waals surface area contributed by atoms with Crippen LogP contribution >= 0.6 is 11.6 Å². The van der Waals surface area contributed by atoms with Crippen LogP contribution in [0.25, 0.3) is 17.2 Å². The number of hydrogen-bond acceptors (Lipinski definition) is 8. The number of carboxylic acid groups (broad SMARTS) is 1. The second kappa shape index (κ2) is 13.3. The first kappa shape index (κ1) is 28.1. The van der Waals surface area contributed by atoms with Crippen molar-refractivity contribution in [2.45, 2.75) is 13.3 Å². The number of carboxylic acids is 1. The maximum atomic E-state index is 13.6. The zero-order valence-electron chi connectivity index (χ0n) is 21.4. The third-order valence-electron chi connectivity index (χ3n) is 5.53. The Morgan fingerprint density at radius 1 is 1.05 bits per heavy atom. The summed E-state index contributed by atoms with van der Waals surface area (Å²) < 4.78 is 13.6. The van der Waals surface area contributed by atoms with Gasteiger partial charge in [0.25, 0.3) is 5.91 Å². The number of aliphatic carboxylic acids is 1. The Kier molecular flexibility index (Phi) is 9.31. The third kappa shape index (κ3) is 7.81. The Balaban J connectivity index is 1.50. The molecule has 0 bridgehead atoms. The lowest BCUT2D eigenvalue weighted by atomic mass is 10.0. The summed E-state index contributed by atoms with van der Waals surface area (Å²) in [6.45, 7) is 2.64. The van der Waals surface area contributed by atoms with E-state index in [4.69, 9.17) is 16.7 Å². The lowest BCUT2D eigenvalue weighted by Gasteiger charge is -2.14. The van der Waals surface area contributed by atoms with E-state index < -0.39 is 11.8 Å². The molecule has 0 unspecified atom stereocenters. The zero-order valence-corrected chi connectivity index (χ0v) is 22.1. The maximum absolute atomic E-state index is 13.6. The summed E-state index contributed by atoms with van der Waals surface area (Å²) in [5, 5.41) is 18.0. The van der Waals surface area contributed by atoms with Crippen LogP contribution < -0.4 is 16.0 Å². The number of amides is 1. The van der Waals surface area contributed by atoms with Gasteiger partial charge in [-0.25, -0.2) is 19.2 Å². The number of halogens is 2. The van der Waals surface area contributed by atoms with E-state index >= 15 is 0 Å². The summed E-state index contributed by atoms with van der Waals surface area (Å²) >= 11 is 5.90. The van der Waals surface area contributed by atoms with E-state index in [1.807, 2.05) is 12.1 Å². The fourth-order valence-corrected chi connectivity index (χ4v) is 3.75. The number of benzene rings is 2. The van der Waals surface area contributed by atoms with Crippen molar-refractivity contribution in [3.8, 4) is 11.1 Å². The van der Waals surface area contributed by atoms with Crippen molar-refractivity contribution in [3.63, 3.8) is 0 Å². The Bertz CT molecular complexity index is 1550. The summed E-state index contributed by atoms with van der Waals surface area (Å²) in [6.07, 6.45) is 7.72. The Hall–Kier alpha value is -4.90. The zero-order chi connectivity index (χ0) is 28.5. The number of aryl methyl sites for hydroxylation is 1. The first-order valence-electron chi connectivity index (χ1n) is 12.2. The van der Waals surface area contributed by atoms with Gasteiger partial charge in [-0.2, -0.15) is 4.98 Å². The van der Waals surface area contributed by atoms with E-state index in [-0.39, 0.29) is 22.6 Å². The van der Waals surface area contributed by atoms with E-state index in [2.05, 4.69) is 35.9 Å². The van der Waals surface area contributed by atoms with Crippen molar-refractivity contribution >= 4 is 47.0 Å². The summed E-state index contributed by atoms with van der Waals surface area (Å²) in [5.41, 5.74) is 3.60. The Labute approximate surface area is 234 Å². The van der Waals surface area contributed by atoms with Gasteiger partial charge >= 0.3 is 5.97 Å². The quantitative estimate of drug-likeness (QED) is 0.145. The first-order chi connectivity index (χ1) is 19.3. The molecule has 0 radical (unpaired) electrons. The molecule has 4 rings (SSSR count). The number of hydrogen-bond donors (Lipinski definition) is 4. The van der Waals surface area contributed by atoms with E-state index in [1.165, 1.54) is 36.7 Å². The third-order valence-corrected chi connectivity index (χ3v) is 5.82. The first-order valence-corrected chi connectivity index (χ1v) is 12.6. The van der Waals surface area contributed by atoms with Gasteiger partial charge in [0.1, 0.15) is 17.3 Å². The normalized spacial score (nSPS) is 10.9. The molecule has 0 aliphatic rings. The number of carbonyl (C=O) groups is 2. The molecule has 0 spiro atoms. The van der Waals surface area contributed by atoms with Gasteiger partial charge in [-0.3, -0.25) is 9.78 Å². The van der Waals surface area contributed by atoms with E-state index in [0.717, 1.165) is 17.3 Å². The molecule has 10 nitrogen and oxygen atoms in total. The highest BCUT2D eigenvalue weighted by molar-refractivity contribution is 6.31. The smallest absolute Gasteiger partial charge is 0.328 e. The Morgan fingerprint density at radius 2 is 1.90 bits per heavy atom. The average molecular weight is 562 g/mol. The minimum Gasteiger partial charge on any atom is -0.478 e. The van der Waals surface area contributed by atoms with Gasteiger partial charge in [0, 0.05) is 42.8 Å². The van der Waals surface area contributed by atoms with Crippen molar-refractivity contribution in [3.05, 3.63) is 94.9 Å². The van der Waals surface area contributed by atoms with Crippen molar-refractivity contribution in [2.75, 3.05) is 23.7 Å². The molecule has 204 valence electrons. The predicted molar refractivity (Wildman–Crippen MR) is 151 cm³/mol. The maximum Gasteiger partial charge on any atom is 0.328 e. The minimum atomic E-state index is -1.05. The lowest BCUT2D eigenvalue weighted by molar-refractivity contribution is -0.131. The van der Waals surface area contributed by atoms with Gasteiger partial charge in [-0.15, -0.1) is 0 Å². The molecular weight excluding hydrogens is 537 g/mol. The van der Waals surface area contributed by atoms with Crippen molar-refractivity contribution in [1.82, 2.24) is 25.3 Å². The van der Waals surface area contributed by atoms with E-state index in [9.17, 15) is 14.0 Å². The van der Waals surface area contributed by atoms with Crippen LogP contribution in [0.15, 0.2) is 67.1 Å². The SMILES string of the molecule is Cc1cnc(C(=O)NCCCNc2nc(Nc3ccc(F)c(Cl)c3)ncc2-c2cccc(C=CC(=O)O)c2)cn1. The molecule has 4 aromatic rings. The molecule has 0 aliphatic heterocycles. The molecular formula is C28H25ClFN7O3. The fraction of sp³-hybridized carbons (Fsp3) is 0.143. The summed E-state index contributed by atoms with van der Waals surface area (Å²) in [6, 6.07) is 11.5. The minimum absolute atomic E-state index is 0.0372. The molecule has 0 saturated heterocycles. The number of nitrogens with zero attached hydrogens (tertiary/aromatic N) is 4. The average Bonchev–Trinajstić information content (AvgIpc) is 2.94. The van der Waals surface area contributed by atoms with Gasteiger partial charge in [0.2, 0.25) is 5.95 Å². The molecule has 12 heteroatoms. The van der Waals surface area contributed by atoms with Crippen LogP contribution in [0, 0.1) is 12.7 Å². The van der Waals surface area contributed by atoms with Crippen molar-refractivity contribution < 1.29 is 19.1 Å². The van der Waals surface area contributed by atoms with Crippen LogP contribution in [0.3, 0.4) is 0 Å². The van der Waals surface area contributed by atoms with Crippen LogP contribution in [0.4, 0.5) is 21.8 Å². The number of aromatic nitrogens is 4. The Morgan fingerprint density at radius 3 is 2.65 bits per heavy atom. The molecule has 40 heavy (non-hydrogen) atoms. The summed E-state index contributed by atoms with van der Waals surface area (Å²) in [5.74, 6) is -1.15. The lowest BCUT2D eigenvalue weighted by Crippen LogP contribution is -2.26. The molecule has 2 heterocycles. The van der Waals surface area contributed by atoms with Gasteiger partial charge < -0.3 is 21.1 Å².